The fourth-order valence-electron chi connectivity index (χ4n) is 1.85. The van der Waals surface area contributed by atoms with Gasteiger partial charge in [0.2, 0.25) is 0 Å². The highest BCUT2D eigenvalue weighted by atomic mass is 79.9. The molecule has 0 radical (unpaired) electrons. The van der Waals surface area contributed by atoms with E-state index in [0.717, 1.165) is 29.8 Å². The minimum absolute atomic E-state index is 0.00793. The summed E-state index contributed by atoms with van der Waals surface area (Å²) in [6, 6.07) is 2.09. The molecule has 4 heteroatoms. The lowest BCUT2D eigenvalue weighted by atomic mass is 9.88. The Balaban J connectivity index is 2.13. The molecule has 2 N–H and O–H groups in total. The summed E-state index contributed by atoms with van der Waals surface area (Å²) in [6.07, 6.45) is 2.91. The van der Waals surface area contributed by atoms with E-state index < -0.39 is 0 Å². The van der Waals surface area contributed by atoms with Gasteiger partial charge in [-0.05, 0) is 40.9 Å². The van der Waals surface area contributed by atoms with Crippen LogP contribution in [-0.2, 0) is 0 Å². The predicted octanol–water partition coefficient (Wildman–Crippen LogP) is 2.08. The van der Waals surface area contributed by atoms with Gasteiger partial charge in [-0.1, -0.05) is 6.92 Å². The summed E-state index contributed by atoms with van der Waals surface area (Å²) in [7, 11) is 0. The van der Waals surface area contributed by atoms with Crippen LogP contribution in [0.15, 0.2) is 16.7 Å². The second kappa shape index (κ2) is 3.76. The Hall–Kier alpha value is -0.610. The molecule has 0 atom stereocenters. The summed E-state index contributed by atoms with van der Waals surface area (Å²) in [5, 5.41) is 0. The second-order valence-corrected chi connectivity index (χ2v) is 5.24. The Bertz CT molecular complexity index is 372. The average Bonchev–Trinajstić information content (AvgIpc) is 2.14. The third-order valence-corrected chi connectivity index (χ3v) is 3.56. The third kappa shape index (κ3) is 2.01. The molecule has 2 rings (SSSR count). The molecule has 1 fully saturated rings. The van der Waals surface area contributed by atoms with Crippen molar-refractivity contribution in [1.82, 2.24) is 4.98 Å². The number of anilines is 1. The van der Waals surface area contributed by atoms with Crippen molar-refractivity contribution in [2.24, 2.45) is 5.73 Å². The van der Waals surface area contributed by atoms with Crippen LogP contribution in [0.5, 0.6) is 0 Å². The van der Waals surface area contributed by atoms with Crippen molar-refractivity contribution in [2.75, 3.05) is 18.0 Å². The summed E-state index contributed by atoms with van der Waals surface area (Å²) >= 11 is 3.54. The number of hydrogen-bond donors (Lipinski definition) is 1. The van der Waals surface area contributed by atoms with E-state index in [1.54, 1.807) is 0 Å². The van der Waals surface area contributed by atoms with E-state index >= 15 is 0 Å². The third-order valence-electron chi connectivity index (χ3n) is 2.97. The number of rotatable bonds is 2. The molecule has 0 aliphatic carbocycles. The van der Waals surface area contributed by atoms with Crippen LogP contribution >= 0.6 is 15.9 Å². The van der Waals surface area contributed by atoms with E-state index in [1.165, 1.54) is 5.56 Å². The van der Waals surface area contributed by atoms with Gasteiger partial charge >= 0.3 is 0 Å². The van der Waals surface area contributed by atoms with E-state index in [4.69, 9.17) is 5.73 Å². The van der Waals surface area contributed by atoms with Gasteiger partial charge in [0.25, 0.3) is 0 Å². The van der Waals surface area contributed by atoms with Crippen molar-refractivity contribution < 1.29 is 0 Å². The van der Waals surface area contributed by atoms with Crippen LogP contribution in [0.3, 0.4) is 0 Å². The van der Waals surface area contributed by atoms with E-state index in [0.29, 0.717) is 0 Å². The van der Waals surface area contributed by atoms with Crippen LogP contribution in [0, 0.1) is 6.92 Å². The summed E-state index contributed by atoms with van der Waals surface area (Å²) in [4.78, 5) is 6.64. The molecule has 2 heterocycles. The molecule has 3 nitrogen and oxygen atoms in total. The molecule has 1 aliphatic rings. The first kappa shape index (κ1) is 10.9. The lowest BCUT2D eigenvalue weighted by Crippen LogP contribution is -2.67. The highest BCUT2D eigenvalue weighted by Gasteiger charge is 2.38. The number of aryl methyl sites for hydroxylation is 1. The van der Waals surface area contributed by atoms with Gasteiger partial charge in [0, 0.05) is 19.3 Å². The fraction of sp³-hybridized carbons (Fsp3) is 0.545. The first-order chi connectivity index (χ1) is 7.04. The van der Waals surface area contributed by atoms with E-state index in [2.05, 4.69) is 38.8 Å². The molecule has 1 saturated heterocycles. The zero-order valence-electron chi connectivity index (χ0n) is 9.13. The van der Waals surface area contributed by atoms with Gasteiger partial charge in [-0.15, -0.1) is 0 Å². The minimum atomic E-state index is -0.00793. The van der Waals surface area contributed by atoms with Crippen LogP contribution in [0.1, 0.15) is 18.9 Å². The smallest absolute Gasteiger partial charge is 0.143 e. The number of nitrogens with two attached hydrogens (primary N) is 1. The molecular formula is C11H16BrN3. The maximum absolute atomic E-state index is 6.13. The number of halogens is 1. The maximum atomic E-state index is 6.13. The summed E-state index contributed by atoms with van der Waals surface area (Å²) in [6.45, 7) is 5.97. The minimum Gasteiger partial charge on any atom is -0.352 e. The predicted molar refractivity (Wildman–Crippen MR) is 66.1 cm³/mol. The van der Waals surface area contributed by atoms with Crippen LogP contribution in [0.25, 0.3) is 0 Å². The number of nitrogens with zero attached hydrogens (tertiary/aromatic N) is 2. The van der Waals surface area contributed by atoms with Gasteiger partial charge in [0.1, 0.15) is 5.82 Å². The van der Waals surface area contributed by atoms with Gasteiger partial charge in [-0.2, -0.15) is 0 Å². The van der Waals surface area contributed by atoms with E-state index in [1.807, 2.05) is 13.1 Å². The largest absolute Gasteiger partial charge is 0.352 e. The second-order valence-electron chi connectivity index (χ2n) is 4.39. The molecular weight excluding hydrogens is 254 g/mol. The van der Waals surface area contributed by atoms with Gasteiger partial charge in [0.15, 0.2) is 0 Å². The Morgan fingerprint density at radius 3 is 2.80 bits per heavy atom. The van der Waals surface area contributed by atoms with Crippen molar-refractivity contribution in [1.29, 1.82) is 0 Å². The SMILES string of the molecule is CCC1(N)CN(c2ncc(C)cc2Br)C1. The normalized spacial score (nSPS) is 18.8. The molecule has 82 valence electrons. The Kier molecular flexibility index (Phi) is 2.73. The Morgan fingerprint density at radius 2 is 2.27 bits per heavy atom. The quantitative estimate of drug-likeness (QED) is 0.894. The van der Waals surface area contributed by atoms with Crippen molar-refractivity contribution in [3.8, 4) is 0 Å². The highest BCUT2D eigenvalue weighted by molar-refractivity contribution is 9.10. The Morgan fingerprint density at radius 1 is 1.60 bits per heavy atom. The monoisotopic (exact) mass is 269 g/mol. The maximum Gasteiger partial charge on any atom is 0.143 e. The van der Waals surface area contributed by atoms with Crippen LogP contribution in [0.4, 0.5) is 5.82 Å². The van der Waals surface area contributed by atoms with Gasteiger partial charge in [-0.3, -0.25) is 0 Å². The van der Waals surface area contributed by atoms with Crippen LogP contribution in [-0.4, -0.2) is 23.6 Å². The van der Waals surface area contributed by atoms with Crippen molar-refractivity contribution in [2.45, 2.75) is 25.8 Å². The molecule has 0 amide bonds. The zero-order valence-corrected chi connectivity index (χ0v) is 10.7. The number of hydrogen-bond acceptors (Lipinski definition) is 3. The summed E-state index contributed by atoms with van der Waals surface area (Å²) in [5.41, 5.74) is 7.28. The molecule has 0 bridgehead atoms. The van der Waals surface area contributed by atoms with Crippen LogP contribution < -0.4 is 10.6 Å². The first-order valence-corrected chi connectivity index (χ1v) is 5.99. The Labute approximate surface area is 98.8 Å². The van der Waals surface area contributed by atoms with Gasteiger partial charge in [0.05, 0.1) is 10.0 Å². The molecule has 1 aromatic rings. The zero-order chi connectivity index (χ0) is 11.1. The molecule has 1 aromatic heterocycles. The fourth-order valence-corrected chi connectivity index (χ4v) is 2.56. The van der Waals surface area contributed by atoms with Crippen molar-refractivity contribution in [3.63, 3.8) is 0 Å². The van der Waals surface area contributed by atoms with Crippen molar-refractivity contribution in [3.05, 3.63) is 22.3 Å². The summed E-state index contributed by atoms with van der Waals surface area (Å²) < 4.78 is 1.06. The average molecular weight is 270 g/mol. The van der Waals surface area contributed by atoms with Gasteiger partial charge in [-0.25, -0.2) is 4.98 Å². The molecule has 0 spiro atoms. The topological polar surface area (TPSA) is 42.1 Å². The van der Waals surface area contributed by atoms with E-state index in [9.17, 15) is 0 Å². The van der Waals surface area contributed by atoms with E-state index in [-0.39, 0.29) is 5.54 Å². The lowest BCUT2D eigenvalue weighted by molar-refractivity contribution is 0.320. The molecule has 1 aliphatic heterocycles. The summed E-state index contributed by atoms with van der Waals surface area (Å²) in [5.74, 6) is 1.01. The molecule has 0 saturated carbocycles. The number of pyridine rings is 1. The van der Waals surface area contributed by atoms with Gasteiger partial charge < -0.3 is 10.6 Å². The van der Waals surface area contributed by atoms with Crippen molar-refractivity contribution >= 4 is 21.7 Å². The molecule has 0 unspecified atom stereocenters. The lowest BCUT2D eigenvalue weighted by Gasteiger charge is -2.48. The molecule has 15 heavy (non-hydrogen) atoms. The standard InChI is InChI=1S/C11H16BrN3/c1-3-11(13)6-15(7-11)10-9(12)4-8(2)5-14-10/h4-5H,3,6-7,13H2,1-2H3. The van der Waals surface area contributed by atoms with Crippen LogP contribution in [0.2, 0.25) is 0 Å². The number of aromatic nitrogens is 1. The first-order valence-electron chi connectivity index (χ1n) is 5.20. The molecule has 0 aromatic carbocycles. The highest BCUT2D eigenvalue weighted by Crippen LogP contribution is 2.32.